The Hall–Kier alpha value is -4.08. The molecule has 0 unspecified atom stereocenters. The number of rotatable bonds is 6. The van der Waals surface area contributed by atoms with Crippen molar-refractivity contribution in [3.8, 4) is 11.5 Å². The van der Waals surface area contributed by atoms with Crippen molar-refractivity contribution in [2.24, 2.45) is 0 Å². The molecule has 1 aromatic carbocycles. The minimum Gasteiger partial charge on any atom is -0.486 e. The molecule has 0 saturated carbocycles. The molecule has 0 bridgehead atoms. The third kappa shape index (κ3) is 4.87. The standard InChI is InChI=1S/C25H25N7O6S2/c1-16-22(40(35,36)32-9-7-30(8-10-32)25-26-5-2-6-27-25)21-23(39-16)28-15-31(24(21)34)14-20(33)29-17-3-4-18-19(13-17)38-12-11-37-18/h2-6,13,15H,7-12,14H2,1H3,(H,29,33). The zero-order valence-electron chi connectivity index (χ0n) is 21.4. The molecule has 0 spiro atoms. The average Bonchev–Trinajstić information content (AvgIpc) is 3.32. The van der Waals surface area contributed by atoms with Gasteiger partial charge >= 0.3 is 0 Å². The fraction of sp³-hybridized carbons (Fsp3) is 0.320. The normalized spacial score (nSPS) is 15.8. The van der Waals surface area contributed by atoms with Crippen LogP contribution in [0.15, 0.2) is 52.7 Å². The Labute approximate surface area is 233 Å². The number of fused-ring (bicyclic) bond motifs is 2. The Balaban J connectivity index is 1.23. The van der Waals surface area contributed by atoms with E-state index in [0.717, 1.165) is 15.9 Å². The van der Waals surface area contributed by atoms with E-state index in [1.54, 1.807) is 43.6 Å². The van der Waals surface area contributed by atoms with Crippen LogP contribution in [-0.2, 0) is 21.4 Å². The summed E-state index contributed by atoms with van der Waals surface area (Å²) >= 11 is 1.14. The van der Waals surface area contributed by atoms with Gasteiger partial charge in [-0.25, -0.2) is 23.4 Å². The number of benzene rings is 1. The molecular formula is C25H25N7O6S2. The molecule has 1 N–H and O–H groups in total. The van der Waals surface area contributed by atoms with E-state index in [2.05, 4.69) is 20.3 Å². The molecule has 2 aliphatic rings. The number of piperazine rings is 1. The second kappa shape index (κ2) is 10.5. The molecule has 3 aromatic heterocycles. The largest absolute Gasteiger partial charge is 0.486 e. The van der Waals surface area contributed by atoms with Crippen LogP contribution in [-0.4, -0.2) is 77.5 Å². The lowest BCUT2D eigenvalue weighted by Crippen LogP contribution is -2.49. The molecule has 1 fully saturated rings. The summed E-state index contributed by atoms with van der Waals surface area (Å²) in [4.78, 5) is 41.7. The van der Waals surface area contributed by atoms with E-state index in [1.165, 1.54) is 10.6 Å². The number of sulfonamides is 1. The Morgan fingerprint density at radius 2 is 1.77 bits per heavy atom. The number of nitrogens with zero attached hydrogens (tertiary/aromatic N) is 6. The highest BCUT2D eigenvalue weighted by atomic mass is 32.2. The lowest BCUT2D eigenvalue weighted by Gasteiger charge is -2.33. The maximum Gasteiger partial charge on any atom is 0.263 e. The number of aromatic nitrogens is 4. The summed E-state index contributed by atoms with van der Waals surface area (Å²) in [5.74, 6) is 1.17. The summed E-state index contributed by atoms with van der Waals surface area (Å²) in [5, 5.41) is 2.73. The third-order valence-corrected chi connectivity index (χ3v) is 9.82. The van der Waals surface area contributed by atoms with Gasteiger partial charge in [-0.1, -0.05) is 0 Å². The summed E-state index contributed by atoms with van der Waals surface area (Å²) in [6.45, 7) is 3.42. The number of thiophene rings is 1. The monoisotopic (exact) mass is 583 g/mol. The van der Waals surface area contributed by atoms with E-state index >= 15 is 0 Å². The first kappa shape index (κ1) is 26.2. The molecule has 208 valence electrons. The summed E-state index contributed by atoms with van der Waals surface area (Å²) in [6, 6.07) is 6.73. The van der Waals surface area contributed by atoms with E-state index in [1.807, 2.05) is 4.90 Å². The van der Waals surface area contributed by atoms with E-state index in [4.69, 9.17) is 9.47 Å². The van der Waals surface area contributed by atoms with Gasteiger partial charge in [0.15, 0.2) is 11.5 Å². The smallest absolute Gasteiger partial charge is 0.263 e. The van der Waals surface area contributed by atoms with Gasteiger partial charge in [-0.15, -0.1) is 11.3 Å². The van der Waals surface area contributed by atoms with Crippen molar-refractivity contribution in [1.82, 2.24) is 23.8 Å². The van der Waals surface area contributed by atoms with E-state index < -0.39 is 21.5 Å². The first-order chi connectivity index (χ1) is 19.3. The third-order valence-electron chi connectivity index (χ3n) is 6.61. The van der Waals surface area contributed by atoms with Crippen LogP contribution in [0.2, 0.25) is 0 Å². The number of aryl methyl sites for hydroxylation is 1. The summed E-state index contributed by atoms with van der Waals surface area (Å²) in [6.07, 6.45) is 4.54. The van der Waals surface area contributed by atoms with Gasteiger partial charge in [-0.2, -0.15) is 4.31 Å². The summed E-state index contributed by atoms with van der Waals surface area (Å²) < 4.78 is 41.1. The number of carbonyl (C=O) groups excluding carboxylic acids is 1. The first-order valence-corrected chi connectivity index (χ1v) is 14.8. The highest BCUT2D eigenvalue weighted by Gasteiger charge is 2.34. The predicted octanol–water partition coefficient (Wildman–Crippen LogP) is 1.48. The quantitative estimate of drug-likeness (QED) is 0.354. The van der Waals surface area contributed by atoms with Crippen LogP contribution in [0.4, 0.5) is 11.6 Å². The number of nitrogens with one attached hydrogen (secondary N) is 1. The van der Waals surface area contributed by atoms with Crippen LogP contribution in [0.25, 0.3) is 10.2 Å². The second-order valence-electron chi connectivity index (χ2n) is 9.19. The molecule has 1 saturated heterocycles. The van der Waals surface area contributed by atoms with Crippen LogP contribution in [0.1, 0.15) is 4.88 Å². The number of hydrogen-bond donors (Lipinski definition) is 1. The van der Waals surface area contributed by atoms with Crippen molar-refractivity contribution >= 4 is 49.1 Å². The van der Waals surface area contributed by atoms with E-state index in [-0.39, 0.29) is 29.9 Å². The van der Waals surface area contributed by atoms with E-state index in [0.29, 0.717) is 59.1 Å². The van der Waals surface area contributed by atoms with Gasteiger partial charge in [-0.05, 0) is 25.1 Å². The van der Waals surface area contributed by atoms with Gasteiger partial charge in [0.25, 0.3) is 5.56 Å². The highest BCUT2D eigenvalue weighted by Crippen LogP contribution is 2.34. The molecule has 0 atom stereocenters. The summed E-state index contributed by atoms with van der Waals surface area (Å²) in [5.41, 5.74) is -0.118. The maximum atomic E-state index is 13.8. The number of hydrogen-bond acceptors (Lipinski definition) is 11. The average molecular weight is 584 g/mol. The molecule has 0 aliphatic carbocycles. The first-order valence-electron chi connectivity index (χ1n) is 12.5. The van der Waals surface area contributed by atoms with Gasteiger partial charge in [0.2, 0.25) is 21.9 Å². The van der Waals surface area contributed by atoms with Crippen molar-refractivity contribution in [3.63, 3.8) is 0 Å². The second-order valence-corrected chi connectivity index (χ2v) is 12.3. The zero-order valence-corrected chi connectivity index (χ0v) is 23.1. The number of amides is 1. The van der Waals surface area contributed by atoms with Crippen LogP contribution in [0.3, 0.4) is 0 Å². The maximum absolute atomic E-state index is 13.8. The fourth-order valence-corrected chi connectivity index (χ4v) is 7.81. The Morgan fingerprint density at radius 1 is 1.05 bits per heavy atom. The van der Waals surface area contributed by atoms with Gasteiger partial charge in [0, 0.05) is 55.2 Å². The number of anilines is 2. The van der Waals surface area contributed by atoms with Gasteiger partial charge < -0.3 is 19.7 Å². The minimum absolute atomic E-state index is 0.00838. The highest BCUT2D eigenvalue weighted by molar-refractivity contribution is 7.89. The molecule has 5 heterocycles. The van der Waals surface area contributed by atoms with Crippen LogP contribution in [0.5, 0.6) is 11.5 Å². The number of carbonyl (C=O) groups is 1. The Morgan fingerprint density at radius 3 is 2.52 bits per heavy atom. The van der Waals surface area contributed by atoms with Crippen molar-refractivity contribution < 1.29 is 22.7 Å². The van der Waals surface area contributed by atoms with Crippen molar-refractivity contribution in [3.05, 3.63) is 58.2 Å². The lowest BCUT2D eigenvalue weighted by atomic mass is 10.2. The number of ether oxygens (including phenoxy) is 2. The molecule has 15 heteroatoms. The van der Waals surface area contributed by atoms with Crippen molar-refractivity contribution in [1.29, 1.82) is 0 Å². The topological polar surface area (TPSA) is 149 Å². The molecule has 4 aromatic rings. The van der Waals surface area contributed by atoms with Gasteiger partial charge in [-0.3, -0.25) is 14.2 Å². The molecule has 1 amide bonds. The minimum atomic E-state index is -4.01. The lowest BCUT2D eigenvalue weighted by molar-refractivity contribution is -0.116. The van der Waals surface area contributed by atoms with Crippen LogP contribution < -0.4 is 25.2 Å². The molecule has 0 radical (unpaired) electrons. The zero-order chi connectivity index (χ0) is 27.9. The molecule has 13 nitrogen and oxygen atoms in total. The molecule has 40 heavy (non-hydrogen) atoms. The van der Waals surface area contributed by atoms with Crippen molar-refractivity contribution in [2.45, 2.75) is 18.4 Å². The SMILES string of the molecule is Cc1sc2ncn(CC(=O)Nc3ccc4c(c3)OCCO4)c(=O)c2c1S(=O)(=O)N1CCN(c2ncccn2)CC1. The van der Waals surface area contributed by atoms with Crippen LogP contribution >= 0.6 is 11.3 Å². The van der Waals surface area contributed by atoms with Crippen molar-refractivity contribution in [2.75, 3.05) is 49.6 Å². The molecule has 2 aliphatic heterocycles. The van der Waals surface area contributed by atoms with Gasteiger partial charge in [0.1, 0.15) is 29.5 Å². The van der Waals surface area contributed by atoms with Gasteiger partial charge in [0.05, 0.1) is 11.7 Å². The summed E-state index contributed by atoms with van der Waals surface area (Å²) in [7, 11) is -4.01. The Kier molecular flexibility index (Phi) is 6.85. The molecular weight excluding hydrogens is 558 g/mol. The Bertz CT molecular complexity index is 1750. The fourth-order valence-electron chi connectivity index (χ4n) is 4.72. The molecule has 6 rings (SSSR count). The predicted molar refractivity (Wildman–Crippen MR) is 148 cm³/mol. The van der Waals surface area contributed by atoms with E-state index in [9.17, 15) is 18.0 Å². The van der Waals surface area contributed by atoms with Crippen LogP contribution in [0, 0.1) is 6.92 Å².